The first-order chi connectivity index (χ1) is 9.65. The minimum absolute atomic E-state index is 0.0149. The van der Waals surface area contributed by atoms with Crippen molar-refractivity contribution >= 4 is 5.84 Å². The quantitative estimate of drug-likeness (QED) is 0.518. The SMILES string of the molecule is COc1ccc(CN(CCO)C2CCC2)cc1C(=N)N. The van der Waals surface area contributed by atoms with Crippen LogP contribution < -0.4 is 10.5 Å². The van der Waals surface area contributed by atoms with Gasteiger partial charge in [0.15, 0.2) is 0 Å². The lowest BCUT2D eigenvalue weighted by molar-refractivity contribution is 0.0945. The monoisotopic (exact) mass is 277 g/mol. The van der Waals surface area contributed by atoms with Crippen LogP contribution in [0.15, 0.2) is 18.2 Å². The minimum atomic E-state index is 0.0149. The van der Waals surface area contributed by atoms with Crippen LogP contribution in [-0.2, 0) is 6.54 Å². The first-order valence-electron chi connectivity index (χ1n) is 7.02. The topological polar surface area (TPSA) is 82.6 Å². The third kappa shape index (κ3) is 3.29. The van der Waals surface area contributed by atoms with Crippen LogP contribution in [0.5, 0.6) is 5.75 Å². The van der Waals surface area contributed by atoms with E-state index in [-0.39, 0.29) is 12.4 Å². The molecule has 2 rings (SSSR count). The molecule has 110 valence electrons. The van der Waals surface area contributed by atoms with Crippen LogP contribution in [0.2, 0.25) is 0 Å². The summed E-state index contributed by atoms with van der Waals surface area (Å²) in [7, 11) is 1.58. The highest BCUT2D eigenvalue weighted by Gasteiger charge is 2.24. The zero-order valence-corrected chi connectivity index (χ0v) is 11.9. The molecule has 0 heterocycles. The van der Waals surface area contributed by atoms with Crippen LogP contribution in [0.1, 0.15) is 30.4 Å². The van der Waals surface area contributed by atoms with Crippen molar-refractivity contribution in [1.29, 1.82) is 5.41 Å². The Labute approximate surface area is 119 Å². The van der Waals surface area contributed by atoms with Crippen molar-refractivity contribution in [2.24, 2.45) is 5.73 Å². The lowest BCUT2D eigenvalue weighted by Gasteiger charge is -2.37. The van der Waals surface area contributed by atoms with Gasteiger partial charge in [-0.05, 0) is 30.5 Å². The van der Waals surface area contributed by atoms with Crippen molar-refractivity contribution in [3.8, 4) is 5.75 Å². The Morgan fingerprint density at radius 3 is 2.75 bits per heavy atom. The standard InChI is InChI=1S/C15H23N3O2/c1-20-14-6-5-11(9-13(14)15(16)17)10-18(7-8-19)12-3-2-4-12/h5-6,9,12,19H,2-4,7-8,10H2,1H3,(H3,16,17). The molecule has 0 unspecified atom stereocenters. The Kier molecular flexibility index (Phi) is 4.98. The number of hydrogen-bond acceptors (Lipinski definition) is 4. The number of amidine groups is 1. The zero-order valence-electron chi connectivity index (χ0n) is 11.9. The molecule has 0 bridgehead atoms. The van der Waals surface area contributed by atoms with E-state index in [0.29, 0.717) is 23.9 Å². The van der Waals surface area contributed by atoms with E-state index < -0.39 is 0 Å². The second-order valence-corrected chi connectivity index (χ2v) is 5.23. The summed E-state index contributed by atoms with van der Waals surface area (Å²) in [6, 6.07) is 6.33. The van der Waals surface area contributed by atoms with Crippen molar-refractivity contribution < 1.29 is 9.84 Å². The van der Waals surface area contributed by atoms with Crippen molar-refractivity contribution in [2.75, 3.05) is 20.3 Å². The molecule has 0 spiro atoms. The lowest BCUT2D eigenvalue weighted by Crippen LogP contribution is -2.41. The van der Waals surface area contributed by atoms with Gasteiger partial charge in [0, 0.05) is 19.1 Å². The number of nitrogens with one attached hydrogen (secondary N) is 1. The number of methoxy groups -OCH3 is 1. The second kappa shape index (κ2) is 6.72. The summed E-state index contributed by atoms with van der Waals surface area (Å²) in [4.78, 5) is 2.30. The molecule has 0 aliphatic heterocycles. The summed E-state index contributed by atoms with van der Waals surface area (Å²) in [6.45, 7) is 1.63. The fraction of sp³-hybridized carbons (Fsp3) is 0.533. The van der Waals surface area contributed by atoms with Crippen molar-refractivity contribution in [2.45, 2.75) is 31.8 Å². The molecule has 5 nitrogen and oxygen atoms in total. The molecule has 0 amide bonds. The molecule has 0 atom stereocenters. The van der Waals surface area contributed by atoms with Gasteiger partial charge in [-0.1, -0.05) is 12.5 Å². The van der Waals surface area contributed by atoms with Gasteiger partial charge in [0.2, 0.25) is 0 Å². The number of hydrogen-bond donors (Lipinski definition) is 3. The molecule has 1 aromatic rings. The van der Waals surface area contributed by atoms with E-state index >= 15 is 0 Å². The van der Waals surface area contributed by atoms with E-state index in [1.165, 1.54) is 19.3 Å². The van der Waals surface area contributed by atoms with E-state index in [2.05, 4.69) is 4.90 Å². The molecule has 1 saturated carbocycles. The third-order valence-corrected chi connectivity index (χ3v) is 3.92. The molecule has 1 aromatic carbocycles. The van der Waals surface area contributed by atoms with Gasteiger partial charge in [-0.3, -0.25) is 10.3 Å². The molecule has 1 aliphatic carbocycles. The number of aliphatic hydroxyl groups excluding tert-OH is 1. The van der Waals surface area contributed by atoms with E-state index in [9.17, 15) is 5.11 Å². The Balaban J connectivity index is 2.14. The maximum absolute atomic E-state index is 9.19. The summed E-state index contributed by atoms with van der Waals surface area (Å²) in [6.07, 6.45) is 3.68. The highest BCUT2D eigenvalue weighted by Crippen LogP contribution is 2.27. The maximum Gasteiger partial charge on any atom is 0.129 e. The van der Waals surface area contributed by atoms with E-state index in [1.54, 1.807) is 7.11 Å². The van der Waals surface area contributed by atoms with Crippen molar-refractivity contribution in [3.05, 3.63) is 29.3 Å². The second-order valence-electron chi connectivity index (χ2n) is 5.23. The van der Waals surface area contributed by atoms with Gasteiger partial charge >= 0.3 is 0 Å². The Morgan fingerprint density at radius 2 is 2.25 bits per heavy atom. The van der Waals surface area contributed by atoms with Crippen LogP contribution in [0.4, 0.5) is 0 Å². The molecule has 0 aromatic heterocycles. The molecule has 0 saturated heterocycles. The zero-order chi connectivity index (χ0) is 14.5. The number of nitrogen functional groups attached to an aromatic ring is 1. The van der Waals surface area contributed by atoms with Gasteiger partial charge < -0.3 is 15.6 Å². The first-order valence-corrected chi connectivity index (χ1v) is 7.02. The van der Waals surface area contributed by atoms with Crippen LogP contribution in [-0.4, -0.2) is 42.1 Å². The molecular formula is C15H23N3O2. The maximum atomic E-state index is 9.19. The van der Waals surface area contributed by atoms with Gasteiger partial charge in [-0.15, -0.1) is 0 Å². The fourth-order valence-electron chi connectivity index (χ4n) is 2.57. The third-order valence-electron chi connectivity index (χ3n) is 3.92. The van der Waals surface area contributed by atoms with Gasteiger partial charge in [0.05, 0.1) is 19.3 Å². The Hall–Kier alpha value is -1.59. The number of benzene rings is 1. The van der Waals surface area contributed by atoms with Gasteiger partial charge in [0.1, 0.15) is 11.6 Å². The average molecular weight is 277 g/mol. The largest absolute Gasteiger partial charge is 0.496 e. The predicted molar refractivity (Wildman–Crippen MR) is 79.1 cm³/mol. The van der Waals surface area contributed by atoms with Crippen molar-refractivity contribution in [3.63, 3.8) is 0 Å². The van der Waals surface area contributed by atoms with Crippen molar-refractivity contribution in [1.82, 2.24) is 4.90 Å². The summed E-state index contributed by atoms with van der Waals surface area (Å²) < 4.78 is 5.22. The number of nitrogens with zero attached hydrogens (tertiary/aromatic N) is 1. The number of ether oxygens (including phenoxy) is 1. The average Bonchev–Trinajstić information content (AvgIpc) is 2.36. The summed E-state index contributed by atoms with van der Waals surface area (Å²) in [5, 5.41) is 16.8. The summed E-state index contributed by atoms with van der Waals surface area (Å²) >= 11 is 0. The van der Waals surface area contributed by atoms with E-state index in [4.69, 9.17) is 15.9 Å². The van der Waals surface area contributed by atoms with E-state index in [0.717, 1.165) is 12.1 Å². The van der Waals surface area contributed by atoms with Crippen LogP contribution in [0.25, 0.3) is 0 Å². The van der Waals surface area contributed by atoms with Crippen LogP contribution in [0, 0.1) is 5.41 Å². The molecular weight excluding hydrogens is 254 g/mol. The molecule has 0 radical (unpaired) electrons. The molecule has 1 fully saturated rings. The van der Waals surface area contributed by atoms with Crippen LogP contribution >= 0.6 is 0 Å². The van der Waals surface area contributed by atoms with E-state index in [1.807, 2.05) is 18.2 Å². The molecule has 20 heavy (non-hydrogen) atoms. The van der Waals surface area contributed by atoms with Gasteiger partial charge in [0.25, 0.3) is 0 Å². The Bertz CT molecular complexity index is 472. The number of aliphatic hydroxyl groups is 1. The number of rotatable bonds is 7. The highest BCUT2D eigenvalue weighted by molar-refractivity contribution is 5.97. The Morgan fingerprint density at radius 1 is 1.50 bits per heavy atom. The van der Waals surface area contributed by atoms with Gasteiger partial charge in [-0.25, -0.2) is 0 Å². The predicted octanol–water partition coefficient (Wildman–Crippen LogP) is 1.33. The summed E-state index contributed by atoms with van der Waals surface area (Å²) in [5.74, 6) is 0.639. The minimum Gasteiger partial charge on any atom is -0.496 e. The molecule has 1 aliphatic rings. The first kappa shape index (κ1) is 14.8. The fourth-order valence-corrected chi connectivity index (χ4v) is 2.57. The van der Waals surface area contributed by atoms with Gasteiger partial charge in [-0.2, -0.15) is 0 Å². The molecule has 4 N–H and O–H groups in total. The number of nitrogens with two attached hydrogens (primary N) is 1. The normalized spacial score (nSPS) is 15.2. The smallest absolute Gasteiger partial charge is 0.129 e. The lowest BCUT2D eigenvalue weighted by atomic mass is 9.91. The summed E-state index contributed by atoms with van der Waals surface area (Å²) in [5.41, 5.74) is 7.32. The highest BCUT2D eigenvalue weighted by atomic mass is 16.5. The van der Waals surface area contributed by atoms with Crippen LogP contribution in [0.3, 0.4) is 0 Å². The molecule has 5 heteroatoms.